The van der Waals surface area contributed by atoms with E-state index in [-0.39, 0.29) is 23.0 Å². The fourth-order valence-electron chi connectivity index (χ4n) is 4.58. The maximum absolute atomic E-state index is 12.8. The molecule has 2 atom stereocenters. The molecule has 2 aliphatic rings. The topological polar surface area (TPSA) is 109 Å². The quantitative estimate of drug-likeness (QED) is 0.634. The van der Waals surface area contributed by atoms with Crippen molar-refractivity contribution in [3.63, 3.8) is 0 Å². The molecule has 0 saturated carbocycles. The summed E-state index contributed by atoms with van der Waals surface area (Å²) in [6.45, 7) is 2.56. The molecule has 2 fully saturated rings. The highest BCUT2D eigenvalue weighted by atomic mass is 16.5. The first-order chi connectivity index (χ1) is 15.5. The summed E-state index contributed by atoms with van der Waals surface area (Å²) in [5.74, 6) is -0.706. The molecule has 2 N–H and O–H groups in total. The third-order valence-corrected chi connectivity index (χ3v) is 6.67. The second-order valence-corrected chi connectivity index (χ2v) is 8.73. The number of carbonyl (C=O) groups excluding carboxylic acids is 1. The zero-order valence-corrected chi connectivity index (χ0v) is 17.8. The van der Waals surface area contributed by atoms with E-state index in [0.29, 0.717) is 25.2 Å². The van der Waals surface area contributed by atoms with Gasteiger partial charge in [-0.25, -0.2) is 4.79 Å². The monoisotopic (exact) mass is 432 g/mol. The molecular weight excluding hydrogens is 408 g/mol. The van der Waals surface area contributed by atoms with Crippen LogP contribution in [0.3, 0.4) is 0 Å². The molecule has 1 amide bonds. The molecule has 2 aromatic carbocycles. The first kappa shape index (κ1) is 20.5. The van der Waals surface area contributed by atoms with E-state index in [9.17, 15) is 14.9 Å². The second kappa shape index (κ2) is 7.93. The zero-order valence-electron chi connectivity index (χ0n) is 17.8. The van der Waals surface area contributed by atoms with Crippen LogP contribution in [-0.4, -0.2) is 42.8 Å². The van der Waals surface area contributed by atoms with E-state index < -0.39 is 6.04 Å². The van der Waals surface area contributed by atoms with Crippen molar-refractivity contribution in [2.75, 3.05) is 26.3 Å². The highest BCUT2D eigenvalue weighted by Crippen LogP contribution is 2.38. The van der Waals surface area contributed by atoms with Gasteiger partial charge in [-0.05, 0) is 28.8 Å². The lowest BCUT2D eigenvalue weighted by Crippen LogP contribution is -2.61. The van der Waals surface area contributed by atoms with Gasteiger partial charge in [0.25, 0.3) is 0 Å². The summed E-state index contributed by atoms with van der Waals surface area (Å²) in [5.41, 5.74) is 4.08. The molecule has 1 unspecified atom stereocenters. The number of amides is 1. The number of hydrogen-bond acceptors (Lipinski definition) is 6. The summed E-state index contributed by atoms with van der Waals surface area (Å²) in [6, 6.07) is 15.1. The molecule has 1 aromatic heterocycles. The molecule has 0 aliphatic carbocycles. The predicted molar refractivity (Wildman–Crippen MR) is 118 cm³/mol. The van der Waals surface area contributed by atoms with Crippen molar-refractivity contribution in [3.8, 4) is 17.2 Å². The van der Waals surface area contributed by atoms with Gasteiger partial charge in [0.15, 0.2) is 5.58 Å². The highest BCUT2D eigenvalue weighted by Gasteiger charge is 2.52. The molecular formula is C24H24N4O4. The zero-order chi connectivity index (χ0) is 22.3. The number of aryl methyl sites for hydroxylation is 1. The minimum Gasteiger partial charge on any atom is -0.408 e. The minimum absolute atomic E-state index is 0.105. The lowest BCUT2D eigenvalue weighted by atomic mass is 9.72. The molecule has 164 valence electrons. The van der Waals surface area contributed by atoms with Crippen LogP contribution in [0.15, 0.2) is 51.7 Å². The number of carbonyl (C=O) groups is 1. The summed E-state index contributed by atoms with van der Waals surface area (Å²) in [7, 11) is 1.68. The fraction of sp³-hybridized carbons (Fsp3) is 0.375. The fourth-order valence-corrected chi connectivity index (χ4v) is 4.58. The van der Waals surface area contributed by atoms with Crippen molar-refractivity contribution in [1.82, 2.24) is 15.2 Å². The first-order valence-electron chi connectivity index (χ1n) is 10.7. The second-order valence-electron chi connectivity index (χ2n) is 8.73. The Kier molecular flexibility index (Phi) is 5.08. The van der Waals surface area contributed by atoms with Gasteiger partial charge < -0.3 is 19.8 Å². The van der Waals surface area contributed by atoms with E-state index in [0.717, 1.165) is 35.3 Å². The Morgan fingerprint density at radius 3 is 2.72 bits per heavy atom. The van der Waals surface area contributed by atoms with Crippen LogP contribution < -0.4 is 16.4 Å². The van der Waals surface area contributed by atoms with E-state index >= 15 is 0 Å². The van der Waals surface area contributed by atoms with Gasteiger partial charge in [0.05, 0.1) is 30.7 Å². The van der Waals surface area contributed by atoms with Gasteiger partial charge in [-0.3, -0.25) is 9.36 Å². The van der Waals surface area contributed by atoms with E-state index in [1.165, 1.54) is 4.57 Å². The van der Waals surface area contributed by atoms with Crippen molar-refractivity contribution < 1.29 is 13.9 Å². The van der Waals surface area contributed by atoms with Gasteiger partial charge in [-0.1, -0.05) is 30.3 Å². The van der Waals surface area contributed by atoms with Crippen LogP contribution in [0.2, 0.25) is 0 Å². The Morgan fingerprint density at radius 2 is 2.03 bits per heavy atom. The van der Waals surface area contributed by atoms with Gasteiger partial charge in [-0.2, -0.15) is 5.26 Å². The molecule has 8 nitrogen and oxygen atoms in total. The normalized spacial score (nSPS) is 20.1. The molecule has 2 aliphatic heterocycles. The Labute approximate surface area is 184 Å². The van der Waals surface area contributed by atoms with Gasteiger partial charge >= 0.3 is 5.76 Å². The Bertz CT molecular complexity index is 1260. The standard InChI is InChI=1S/C24H24N4O4/c1-28-20-9-17(6-7-21(20)32-23(28)30)16-4-2-15(3-5-16)8-18(10-25)27-22(29)19-11-31-14-24(19)12-26-13-24/h2-7,9,18-19,26H,8,11-14H2,1H3,(H,27,29)/t18-,19?/m0/s1. The van der Waals surface area contributed by atoms with Crippen LogP contribution >= 0.6 is 0 Å². The number of oxazole rings is 1. The maximum Gasteiger partial charge on any atom is 0.419 e. The third-order valence-electron chi connectivity index (χ3n) is 6.67. The van der Waals surface area contributed by atoms with Gasteiger partial charge in [-0.15, -0.1) is 0 Å². The summed E-state index contributed by atoms with van der Waals surface area (Å²) in [6.07, 6.45) is 0.427. The average Bonchev–Trinajstić information content (AvgIpc) is 3.35. The molecule has 0 radical (unpaired) electrons. The van der Waals surface area contributed by atoms with E-state index in [1.54, 1.807) is 13.1 Å². The van der Waals surface area contributed by atoms with Gasteiger partial charge in [0.2, 0.25) is 5.91 Å². The Balaban J connectivity index is 1.27. The van der Waals surface area contributed by atoms with Crippen molar-refractivity contribution >= 4 is 17.0 Å². The highest BCUT2D eigenvalue weighted by molar-refractivity contribution is 5.81. The lowest BCUT2D eigenvalue weighted by Gasteiger charge is -2.41. The maximum atomic E-state index is 12.8. The summed E-state index contributed by atoms with van der Waals surface area (Å²) >= 11 is 0. The van der Waals surface area contributed by atoms with Crippen LogP contribution in [-0.2, 0) is 23.0 Å². The van der Waals surface area contributed by atoms with Crippen LogP contribution in [0.5, 0.6) is 0 Å². The van der Waals surface area contributed by atoms with Crippen molar-refractivity contribution in [3.05, 3.63) is 58.6 Å². The van der Waals surface area contributed by atoms with Gasteiger partial charge in [0, 0.05) is 32.0 Å². The van der Waals surface area contributed by atoms with E-state index in [1.807, 2.05) is 36.4 Å². The molecule has 8 heteroatoms. The van der Waals surface area contributed by atoms with E-state index in [4.69, 9.17) is 9.15 Å². The number of hydrogen-bond donors (Lipinski definition) is 2. The largest absolute Gasteiger partial charge is 0.419 e. The van der Waals surface area contributed by atoms with E-state index in [2.05, 4.69) is 16.7 Å². The van der Waals surface area contributed by atoms with Gasteiger partial charge in [0.1, 0.15) is 6.04 Å². The van der Waals surface area contributed by atoms with Crippen molar-refractivity contribution in [1.29, 1.82) is 5.26 Å². The van der Waals surface area contributed by atoms with Crippen LogP contribution in [0, 0.1) is 22.7 Å². The number of nitrogens with one attached hydrogen (secondary N) is 2. The minimum atomic E-state index is -0.601. The number of rotatable bonds is 5. The summed E-state index contributed by atoms with van der Waals surface area (Å²) < 4.78 is 12.2. The smallest absolute Gasteiger partial charge is 0.408 e. The number of nitrogens with zero attached hydrogens (tertiary/aromatic N) is 2. The predicted octanol–water partition coefficient (Wildman–Crippen LogP) is 1.59. The van der Waals surface area contributed by atoms with Crippen LogP contribution in [0.4, 0.5) is 0 Å². The average molecular weight is 432 g/mol. The first-order valence-corrected chi connectivity index (χ1v) is 10.7. The van der Waals surface area contributed by atoms with Crippen LogP contribution in [0.25, 0.3) is 22.2 Å². The number of nitriles is 1. The Hall–Kier alpha value is -3.41. The number of fused-ring (bicyclic) bond motifs is 1. The molecule has 32 heavy (non-hydrogen) atoms. The lowest BCUT2D eigenvalue weighted by molar-refractivity contribution is -0.129. The Morgan fingerprint density at radius 1 is 1.28 bits per heavy atom. The molecule has 5 rings (SSSR count). The molecule has 2 saturated heterocycles. The number of ether oxygens (including phenoxy) is 1. The molecule has 3 heterocycles. The van der Waals surface area contributed by atoms with Crippen molar-refractivity contribution in [2.24, 2.45) is 18.4 Å². The molecule has 0 bridgehead atoms. The number of benzene rings is 2. The summed E-state index contributed by atoms with van der Waals surface area (Å²) in [4.78, 5) is 24.5. The summed E-state index contributed by atoms with van der Waals surface area (Å²) in [5, 5.41) is 15.7. The number of aromatic nitrogens is 1. The van der Waals surface area contributed by atoms with Crippen LogP contribution in [0.1, 0.15) is 5.56 Å². The SMILES string of the molecule is Cn1c(=O)oc2ccc(-c3ccc(C[C@@H](C#N)NC(=O)C4COCC45CNC5)cc3)cc21. The molecule has 3 aromatic rings. The third kappa shape index (κ3) is 3.49. The molecule has 1 spiro atoms. The van der Waals surface area contributed by atoms with Crippen molar-refractivity contribution in [2.45, 2.75) is 12.5 Å².